The quantitative estimate of drug-likeness (QED) is 0.180. The molecule has 1 heterocycles. The Morgan fingerprint density at radius 1 is 0.881 bits per heavy atom. The third-order valence-electron chi connectivity index (χ3n) is 7.63. The number of benzene rings is 3. The zero-order chi connectivity index (χ0) is 30.1. The van der Waals surface area contributed by atoms with Gasteiger partial charge in [0.1, 0.15) is 0 Å². The number of rotatable bonds is 6. The van der Waals surface area contributed by atoms with Crippen molar-refractivity contribution >= 4 is 34.7 Å². The normalized spacial score (nSPS) is 17.4. The number of amides is 1. The number of ketones is 1. The number of hydrogen-bond donors (Lipinski definition) is 0. The molecule has 0 atom stereocenters. The van der Waals surface area contributed by atoms with E-state index in [4.69, 9.17) is 0 Å². The number of aryl methyl sites for hydroxylation is 1. The highest BCUT2D eigenvalue weighted by atomic mass is 19.2. The molecular formula is C33H29F4N3O2. The SMILES string of the molecule is CCN(CC)C(=O)c1ccc(C2C/C(=C\c3ccc(F)c(F)c3)C(=O)/C(=C/c3ccc(F)c(F)c3)C2)c2nn(C)cc12. The molecule has 1 aliphatic carbocycles. The highest BCUT2D eigenvalue weighted by Gasteiger charge is 2.31. The summed E-state index contributed by atoms with van der Waals surface area (Å²) in [5.74, 6) is -4.80. The molecule has 1 saturated carbocycles. The Bertz CT molecular complexity index is 1700. The molecule has 0 saturated heterocycles. The van der Waals surface area contributed by atoms with E-state index in [0.29, 0.717) is 51.8 Å². The molecule has 0 radical (unpaired) electrons. The number of aromatic nitrogens is 2. The average Bonchev–Trinajstić information content (AvgIpc) is 3.36. The molecular weight excluding hydrogens is 546 g/mol. The summed E-state index contributed by atoms with van der Waals surface area (Å²) in [6.07, 6.45) is 5.36. The van der Waals surface area contributed by atoms with Crippen molar-refractivity contribution in [1.82, 2.24) is 14.7 Å². The van der Waals surface area contributed by atoms with Crippen LogP contribution in [0.25, 0.3) is 23.1 Å². The van der Waals surface area contributed by atoms with E-state index in [0.717, 1.165) is 29.8 Å². The first-order valence-electron chi connectivity index (χ1n) is 13.7. The van der Waals surface area contributed by atoms with Crippen LogP contribution in [0.15, 0.2) is 65.9 Å². The monoisotopic (exact) mass is 575 g/mol. The van der Waals surface area contributed by atoms with Crippen molar-refractivity contribution in [2.24, 2.45) is 7.05 Å². The van der Waals surface area contributed by atoms with Crippen molar-refractivity contribution in [1.29, 1.82) is 0 Å². The lowest BCUT2D eigenvalue weighted by Gasteiger charge is -2.27. The fourth-order valence-electron chi connectivity index (χ4n) is 5.51. The summed E-state index contributed by atoms with van der Waals surface area (Å²) in [5.41, 5.74) is 3.27. The molecule has 5 rings (SSSR count). The van der Waals surface area contributed by atoms with Crippen LogP contribution in [0.5, 0.6) is 0 Å². The van der Waals surface area contributed by atoms with Crippen LogP contribution in [0, 0.1) is 23.3 Å². The average molecular weight is 576 g/mol. The van der Waals surface area contributed by atoms with Crippen molar-refractivity contribution in [2.45, 2.75) is 32.6 Å². The number of carbonyl (C=O) groups is 2. The van der Waals surface area contributed by atoms with E-state index in [1.54, 1.807) is 28.9 Å². The lowest BCUT2D eigenvalue weighted by molar-refractivity contribution is -0.113. The lowest BCUT2D eigenvalue weighted by Crippen LogP contribution is -2.30. The van der Waals surface area contributed by atoms with Gasteiger partial charge in [-0.3, -0.25) is 14.3 Å². The Morgan fingerprint density at radius 3 is 1.93 bits per heavy atom. The van der Waals surface area contributed by atoms with Crippen molar-refractivity contribution in [3.05, 3.63) is 111 Å². The van der Waals surface area contributed by atoms with Crippen molar-refractivity contribution in [3.8, 4) is 0 Å². The predicted molar refractivity (Wildman–Crippen MR) is 154 cm³/mol. The second kappa shape index (κ2) is 11.8. The molecule has 0 N–H and O–H groups in total. The van der Waals surface area contributed by atoms with Crippen LogP contribution in [0.3, 0.4) is 0 Å². The molecule has 1 aliphatic rings. The van der Waals surface area contributed by atoms with Crippen molar-refractivity contribution in [3.63, 3.8) is 0 Å². The van der Waals surface area contributed by atoms with Crippen LogP contribution in [-0.4, -0.2) is 39.5 Å². The first-order valence-corrected chi connectivity index (χ1v) is 13.7. The molecule has 0 unspecified atom stereocenters. The maximum absolute atomic E-state index is 14.0. The smallest absolute Gasteiger partial charge is 0.254 e. The highest BCUT2D eigenvalue weighted by molar-refractivity contribution is 6.14. The van der Waals surface area contributed by atoms with Crippen LogP contribution in [0.4, 0.5) is 17.6 Å². The zero-order valence-corrected chi connectivity index (χ0v) is 23.4. The number of hydrogen-bond acceptors (Lipinski definition) is 3. The number of halogens is 4. The van der Waals surface area contributed by atoms with E-state index in [1.165, 1.54) is 24.3 Å². The van der Waals surface area contributed by atoms with Crippen molar-refractivity contribution < 1.29 is 27.2 Å². The lowest BCUT2D eigenvalue weighted by atomic mass is 9.76. The molecule has 4 aromatic rings. The summed E-state index contributed by atoms with van der Waals surface area (Å²) in [4.78, 5) is 28.6. The van der Waals surface area contributed by atoms with E-state index in [1.807, 2.05) is 19.9 Å². The summed E-state index contributed by atoms with van der Waals surface area (Å²) < 4.78 is 56.8. The first kappa shape index (κ1) is 29.0. The standard InChI is InChI=1S/C33H29F4N3O2/c1-4-40(5-2)33(42)25-9-8-24(31-26(25)18-39(3)38-31)21-16-22(12-19-6-10-27(34)29(36)14-19)32(41)23(17-21)13-20-7-11-28(35)30(37)15-20/h6-15,18,21H,4-5,16-17H2,1-3H3/b22-12+,23-13+. The van der Waals surface area contributed by atoms with Crippen LogP contribution in [0.2, 0.25) is 0 Å². The largest absolute Gasteiger partial charge is 0.339 e. The number of Topliss-reactive ketones (excluding diaryl/α,β-unsaturated/α-hetero) is 1. The fraction of sp³-hybridized carbons (Fsp3) is 0.242. The van der Waals surface area contributed by atoms with E-state index in [-0.39, 0.29) is 30.4 Å². The summed E-state index contributed by atoms with van der Waals surface area (Å²) >= 11 is 0. The highest BCUT2D eigenvalue weighted by Crippen LogP contribution is 2.41. The van der Waals surface area contributed by atoms with Gasteiger partial charge < -0.3 is 4.90 Å². The molecule has 0 aliphatic heterocycles. The summed E-state index contributed by atoms with van der Waals surface area (Å²) in [6.45, 7) is 4.94. The van der Waals surface area contributed by atoms with E-state index in [2.05, 4.69) is 5.10 Å². The third kappa shape index (κ3) is 5.64. The molecule has 42 heavy (non-hydrogen) atoms. The summed E-state index contributed by atoms with van der Waals surface area (Å²) in [6, 6.07) is 10.4. The Hall–Kier alpha value is -4.53. The van der Waals surface area contributed by atoms with Crippen molar-refractivity contribution in [2.75, 3.05) is 13.1 Å². The van der Waals surface area contributed by atoms with E-state index < -0.39 is 23.3 Å². The van der Waals surface area contributed by atoms with Gasteiger partial charge in [0.15, 0.2) is 29.1 Å². The zero-order valence-electron chi connectivity index (χ0n) is 23.4. The summed E-state index contributed by atoms with van der Waals surface area (Å²) in [7, 11) is 1.77. The Balaban J connectivity index is 1.63. The van der Waals surface area contributed by atoms with Crippen LogP contribution in [-0.2, 0) is 11.8 Å². The summed E-state index contributed by atoms with van der Waals surface area (Å²) in [5, 5.41) is 5.34. The van der Waals surface area contributed by atoms with Crippen LogP contribution >= 0.6 is 0 Å². The molecule has 3 aromatic carbocycles. The Labute approximate surface area is 240 Å². The Morgan fingerprint density at radius 2 is 1.43 bits per heavy atom. The van der Waals surface area contributed by atoms with Gasteiger partial charge in [0.2, 0.25) is 0 Å². The van der Waals surface area contributed by atoms with Crippen LogP contribution in [0.1, 0.15) is 59.7 Å². The van der Waals surface area contributed by atoms with Gasteiger partial charge in [-0.1, -0.05) is 18.2 Å². The minimum absolute atomic E-state index is 0.110. The van der Waals surface area contributed by atoms with Gasteiger partial charge in [-0.05, 0) is 91.8 Å². The fourth-order valence-corrected chi connectivity index (χ4v) is 5.51. The molecule has 216 valence electrons. The minimum atomic E-state index is -1.04. The van der Waals surface area contributed by atoms with Crippen LogP contribution < -0.4 is 0 Å². The maximum atomic E-state index is 14.0. The maximum Gasteiger partial charge on any atom is 0.254 e. The van der Waals surface area contributed by atoms with Gasteiger partial charge in [0.25, 0.3) is 5.91 Å². The van der Waals surface area contributed by atoms with E-state index >= 15 is 0 Å². The molecule has 1 aromatic heterocycles. The molecule has 1 amide bonds. The first-order chi connectivity index (χ1) is 20.1. The topological polar surface area (TPSA) is 55.2 Å². The van der Waals surface area contributed by atoms with Gasteiger partial charge in [-0.25, -0.2) is 17.6 Å². The predicted octanol–water partition coefficient (Wildman–Crippen LogP) is 7.23. The molecule has 5 nitrogen and oxygen atoms in total. The molecule has 0 bridgehead atoms. The van der Waals surface area contributed by atoms with Gasteiger partial charge in [0, 0.05) is 42.9 Å². The number of nitrogens with zero attached hydrogens (tertiary/aromatic N) is 3. The minimum Gasteiger partial charge on any atom is -0.339 e. The molecule has 9 heteroatoms. The number of carbonyl (C=O) groups excluding carboxylic acids is 2. The van der Waals surface area contributed by atoms with Gasteiger partial charge in [-0.2, -0.15) is 5.10 Å². The molecule has 0 spiro atoms. The Kier molecular flexibility index (Phi) is 8.11. The van der Waals surface area contributed by atoms with E-state index in [9.17, 15) is 27.2 Å². The van der Waals surface area contributed by atoms with Gasteiger partial charge in [0.05, 0.1) is 11.1 Å². The van der Waals surface area contributed by atoms with Gasteiger partial charge >= 0.3 is 0 Å². The second-order valence-corrected chi connectivity index (χ2v) is 10.4. The third-order valence-corrected chi connectivity index (χ3v) is 7.63. The number of fused-ring (bicyclic) bond motifs is 1. The van der Waals surface area contributed by atoms with Gasteiger partial charge in [-0.15, -0.1) is 0 Å². The molecule has 1 fully saturated rings. The number of allylic oxidation sites excluding steroid dienone is 2. The second-order valence-electron chi connectivity index (χ2n) is 10.4.